The number of nitrogens with one attached hydrogen (secondary N) is 3. The fourth-order valence-electron chi connectivity index (χ4n) is 12.8. The predicted molar refractivity (Wildman–Crippen MR) is 382 cm³/mol. The fraction of sp³-hybridized carbons (Fsp3) is 0.425. The Hall–Kier alpha value is -8.54. The van der Waals surface area contributed by atoms with Crippen molar-refractivity contribution in [1.29, 1.82) is 0 Å². The van der Waals surface area contributed by atoms with Gasteiger partial charge in [-0.05, 0) is 188 Å². The lowest BCUT2D eigenvalue weighted by atomic mass is 9.94. The Balaban J connectivity index is 0.000000192. The number of epoxide rings is 1. The Labute approximate surface area is 568 Å². The molecule has 3 fully saturated rings. The monoisotopic (exact) mass is 1300 g/mol. The number of aliphatic hydroxyl groups excluding tert-OH is 1. The Morgan fingerprint density at radius 3 is 1.32 bits per heavy atom. The molecule has 96 heavy (non-hydrogen) atoms. The van der Waals surface area contributed by atoms with E-state index in [0.29, 0.717) is 64.5 Å². The summed E-state index contributed by atoms with van der Waals surface area (Å²) in [4.78, 5) is 65.8. The summed E-state index contributed by atoms with van der Waals surface area (Å²) in [6.07, 6.45) is 18.1. The molecule has 0 bridgehead atoms. The fourth-order valence-corrected chi connectivity index (χ4v) is 12.8. The number of hydrogen-bond donors (Lipinski definition) is 4. The highest BCUT2D eigenvalue weighted by molar-refractivity contribution is 5.86. The third-order valence-electron chi connectivity index (χ3n) is 18.3. The van der Waals surface area contributed by atoms with Gasteiger partial charge >= 0.3 is 0 Å². The van der Waals surface area contributed by atoms with E-state index < -0.39 is 6.10 Å². The van der Waals surface area contributed by atoms with Crippen molar-refractivity contribution in [1.82, 2.24) is 40.6 Å². The zero-order chi connectivity index (χ0) is 66.9. The number of amides is 4. The number of carbonyl (C=O) groups is 4. The number of likely N-dealkylation sites (tertiary alicyclic amines) is 2. The van der Waals surface area contributed by atoms with Crippen LogP contribution in [0, 0.1) is 11.8 Å². The summed E-state index contributed by atoms with van der Waals surface area (Å²) in [6.45, 7) is 4.93. The molecule has 16 heteroatoms. The number of aryl methyl sites for hydroxylation is 4. The lowest BCUT2D eigenvalue weighted by Gasteiger charge is -2.33. The van der Waals surface area contributed by atoms with Crippen molar-refractivity contribution < 1.29 is 38.5 Å². The lowest BCUT2D eigenvalue weighted by Crippen LogP contribution is -2.48. The first kappa shape index (κ1) is 71.7. The van der Waals surface area contributed by atoms with Gasteiger partial charge < -0.3 is 45.1 Å². The minimum Gasteiger partial charge on any atom is -0.490 e. The molecule has 0 aliphatic carbocycles. The van der Waals surface area contributed by atoms with Crippen LogP contribution in [0.5, 0.6) is 11.5 Å². The average Bonchev–Trinajstić information content (AvgIpc) is 1.13. The molecule has 2 aromatic heterocycles. The third-order valence-corrected chi connectivity index (χ3v) is 18.3. The Bertz CT molecular complexity index is 3470. The van der Waals surface area contributed by atoms with Crippen LogP contribution in [0.25, 0.3) is 21.8 Å². The number of rotatable bonds is 32. The number of hydrogen-bond acceptors (Lipinski definition) is 12. The minimum absolute atomic E-state index is 0.00869. The Morgan fingerprint density at radius 2 is 0.927 bits per heavy atom. The van der Waals surface area contributed by atoms with Crippen molar-refractivity contribution in [2.45, 2.75) is 127 Å². The molecule has 0 spiro atoms. The number of ether oxygens (including phenoxy) is 3. The SMILES string of the molecule is CN(CC(=O)N1CCC(C(=O)NC(CCCc2ccccc2)CCCc2ccccc2)CC1)C[C@@H](O)COc1cccc2ncccc12.CNCC(=O)N1CCC(C(=O)NC(CCCc2ccccc2)CCCc2ccccc2)CC1.c1cc(OC[C@H]2CO2)c2cccnc2c1. The Morgan fingerprint density at radius 1 is 0.531 bits per heavy atom. The first-order valence-electron chi connectivity index (χ1n) is 34.9. The van der Waals surface area contributed by atoms with Crippen LogP contribution in [0.4, 0.5) is 0 Å². The van der Waals surface area contributed by atoms with Crippen molar-refractivity contribution in [2.24, 2.45) is 11.8 Å². The van der Waals surface area contributed by atoms with E-state index in [-0.39, 0.29) is 66.8 Å². The highest BCUT2D eigenvalue weighted by atomic mass is 16.6. The van der Waals surface area contributed by atoms with E-state index in [1.165, 1.54) is 22.3 Å². The molecule has 11 rings (SSSR count). The number of aliphatic hydroxyl groups is 1. The van der Waals surface area contributed by atoms with Gasteiger partial charge in [-0.2, -0.15) is 0 Å². The van der Waals surface area contributed by atoms with Gasteiger partial charge in [-0.25, -0.2) is 0 Å². The van der Waals surface area contributed by atoms with Gasteiger partial charge in [-0.1, -0.05) is 133 Å². The van der Waals surface area contributed by atoms with E-state index in [2.05, 4.69) is 123 Å². The predicted octanol–water partition coefficient (Wildman–Crippen LogP) is 11.7. The van der Waals surface area contributed by atoms with Gasteiger partial charge in [-0.3, -0.25) is 34.0 Å². The van der Waals surface area contributed by atoms with E-state index in [9.17, 15) is 24.3 Å². The molecule has 0 saturated carbocycles. The summed E-state index contributed by atoms with van der Waals surface area (Å²) in [5.74, 6) is 1.91. The Kier molecular flexibility index (Phi) is 29.5. The van der Waals surface area contributed by atoms with Gasteiger partial charge in [-0.15, -0.1) is 0 Å². The van der Waals surface area contributed by atoms with Crippen molar-refractivity contribution in [2.75, 3.05) is 79.7 Å². The van der Waals surface area contributed by atoms with Crippen molar-refractivity contribution in [3.8, 4) is 11.5 Å². The summed E-state index contributed by atoms with van der Waals surface area (Å²) in [5, 5.41) is 22.3. The van der Waals surface area contributed by atoms with Crippen LogP contribution in [0.1, 0.15) is 99.3 Å². The van der Waals surface area contributed by atoms with Gasteiger partial charge in [0.25, 0.3) is 0 Å². The van der Waals surface area contributed by atoms with Crippen LogP contribution in [0.3, 0.4) is 0 Å². The van der Waals surface area contributed by atoms with Crippen molar-refractivity contribution in [3.63, 3.8) is 0 Å². The number of piperidine rings is 2. The molecule has 3 saturated heterocycles. The highest BCUT2D eigenvalue weighted by Crippen LogP contribution is 2.27. The normalized spacial score (nSPS) is 15.1. The number of carbonyl (C=O) groups excluding carboxylic acids is 4. The molecule has 3 aliphatic rings. The molecule has 3 aliphatic heterocycles. The number of likely N-dealkylation sites (N-methyl/N-ethyl adjacent to an activating group) is 2. The van der Waals surface area contributed by atoms with Gasteiger partial charge in [0, 0.05) is 79.8 Å². The van der Waals surface area contributed by atoms with Crippen LogP contribution >= 0.6 is 0 Å². The maximum absolute atomic E-state index is 13.4. The van der Waals surface area contributed by atoms with Crippen LogP contribution in [-0.4, -0.2) is 157 Å². The molecule has 5 heterocycles. The molecule has 0 radical (unpaired) electrons. The van der Waals surface area contributed by atoms with Crippen LogP contribution in [0.2, 0.25) is 0 Å². The molecule has 4 amide bonds. The van der Waals surface area contributed by atoms with Gasteiger partial charge in [0.2, 0.25) is 23.6 Å². The van der Waals surface area contributed by atoms with Crippen molar-refractivity contribution >= 4 is 45.4 Å². The zero-order valence-corrected chi connectivity index (χ0v) is 56.4. The van der Waals surface area contributed by atoms with Gasteiger partial charge in [0.15, 0.2) is 0 Å². The third kappa shape index (κ3) is 24.6. The molecular weight excluding hydrogens is 1200 g/mol. The summed E-state index contributed by atoms with van der Waals surface area (Å²) >= 11 is 0. The van der Waals surface area contributed by atoms with Crippen molar-refractivity contribution in [3.05, 3.63) is 217 Å². The second-order valence-corrected chi connectivity index (χ2v) is 25.8. The highest BCUT2D eigenvalue weighted by Gasteiger charge is 2.31. The molecule has 6 aromatic carbocycles. The van der Waals surface area contributed by atoms with E-state index >= 15 is 0 Å². The summed E-state index contributed by atoms with van der Waals surface area (Å²) in [5.41, 5.74) is 7.17. The van der Waals surface area contributed by atoms with Crippen LogP contribution < -0.4 is 25.4 Å². The number of pyridine rings is 2. The molecule has 4 N–H and O–H groups in total. The maximum atomic E-state index is 13.4. The molecule has 16 nitrogen and oxygen atoms in total. The summed E-state index contributed by atoms with van der Waals surface area (Å²) in [6, 6.07) is 61.9. The van der Waals surface area contributed by atoms with E-state index in [1.54, 1.807) is 19.4 Å². The second kappa shape index (κ2) is 39.5. The second-order valence-electron chi connectivity index (χ2n) is 25.8. The molecule has 2 atom stereocenters. The molecular formula is C80H100N8O8. The first-order chi connectivity index (χ1) is 47.0. The molecule has 0 unspecified atom stereocenters. The molecule has 508 valence electrons. The minimum atomic E-state index is -0.752. The topological polar surface area (TPSA) is 191 Å². The zero-order valence-electron chi connectivity index (χ0n) is 56.4. The first-order valence-corrected chi connectivity index (χ1v) is 34.9. The smallest absolute Gasteiger partial charge is 0.236 e. The van der Waals surface area contributed by atoms with Gasteiger partial charge in [0.05, 0.1) is 30.7 Å². The van der Waals surface area contributed by atoms with Gasteiger partial charge in [0.1, 0.15) is 36.9 Å². The van der Waals surface area contributed by atoms with E-state index in [4.69, 9.17) is 14.2 Å². The lowest BCUT2D eigenvalue weighted by molar-refractivity contribution is -0.136. The van der Waals surface area contributed by atoms with E-state index in [1.807, 2.05) is 107 Å². The quantitative estimate of drug-likeness (QED) is 0.0292. The standard InChI is InChI=1S/C40H50N4O4.C28H39N3O2.C12H11NO2/c1-43(28-35(45)30-48-38-22-10-21-37-36(38)20-11-25-41-37)29-39(46)44-26-23-33(24-27-44)40(47)42-34(18-8-16-31-12-4-2-5-13-31)19-9-17-32-14-6-3-7-15-32;1-29-22-27(32)31-20-18-25(19-21-31)28(33)30-26(16-8-14-23-10-4-2-5-11-23)17-9-15-24-12-6-3-7-13-24;1-4-11-10(3-2-6-13-11)12(5-1)15-8-9-7-14-9/h2-7,10-15,20-22,25,33-35,45H,8-9,16-19,23-24,26-30H2,1H3,(H,42,47);2-7,10-13,25-26,29H,8-9,14-22H2,1H3,(H,30,33);1-6,9H,7-8H2/t35-;;9-/m1.1/s1. The van der Waals surface area contributed by atoms with E-state index in [0.717, 1.165) is 124 Å². The number of benzene rings is 6. The van der Waals surface area contributed by atoms with Crippen LogP contribution in [-0.2, 0) is 49.6 Å². The summed E-state index contributed by atoms with van der Waals surface area (Å²) in [7, 11) is 3.62. The number of aromatic nitrogens is 2. The molecule has 8 aromatic rings. The average molecular weight is 1300 g/mol. The van der Waals surface area contributed by atoms with Crippen LogP contribution in [0.15, 0.2) is 194 Å². The maximum Gasteiger partial charge on any atom is 0.236 e. The largest absolute Gasteiger partial charge is 0.490 e. The number of fused-ring (bicyclic) bond motifs is 2. The number of nitrogens with zero attached hydrogens (tertiary/aromatic N) is 5. The summed E-state index contributed by atoms with van der Waals surface area (Å²) < 4.78 is 16.7.